The number of benzene rings is 1. The molecule has 1 aromatic carbocycles. The molecule has 0 atom stereocenters. The van der Waals surface area contributed by atoms with Crippen molar-refractivity contribution in [2.24, 2.45) is 0 Å². The van der Waals surface area contributed by atoms with Crippen LogP contribution in [0.1, 0.15) is 24.2 Å². The summed E-state index contributed by atoms with van der Waals surface area (Å²) in [6, 6.07) is 7.46. The normalized spacial score (nSPS) is 8.31. The van der Waals surface area contributed by atoms with Crippen LogP contribution in [0.5, 0.6) is 0 Å². The van der Waals surface area contributed by atoms with E-state index in [0.29, 0.717) is 0 Å². The molecule has 72 valence electrons. The highest BCUT2D eigenvalue weighted by molar-refractivity contribution is 5.75. The molecule has 1 aromatic rings. The van der Waals surface area contributed by atoms with Crippen LogP contribution in [0, 0.1) is 0 Å². The van der Waals surface area contributed by atoms with E-state index in [1.807, 2.05) is 57.1 Å². The summed E-state index contributed by atoms with van der Waals surface area (Å²) in [4.78, 5) is 12.3. The number of nitrogens with zero attached hydrogens (tertiary/aromatic N) is 1. The Balaban J connectivity index is 0.000000671. The van der Waals surface area contributed by atoms with Crippen molar-refractivity contribution in [1.82, 2.24) is 0 Å². The number of rotatable bonds is 2. The highest BCUT2D eigenvalue weighted by atomic mass is 16.1. The van der Waals surface area contributed by atoms with E-state index in [9.17, 15) is 4.79 Å². The first-order valence-corrected chi connectivity index (χ1v) is 4.46. The van der Waals surface area contributed by atoms with Gasteiger partial charge in [-0.1, -0.05) is 13.8 Å². The second kappa shape index (κ2) is 6.23. The first-order valence-electron chi connectivity index (χ1n) is 4.46. The fraction of sp³-hybridized carbons (Fsp3) is 0.364. The smallest absolute Gasteiger partial charge is 0.150 e. The van der Waals surface area contributed by atoms with Crippen LogP contribution in [0.2, 0.25) is 0 Å². The molecule has 0 spiro atoms. The molecule has 2 heteroatoms. The van der Waals surface area contributed by atoms with Crippen molar-refractivity contribution in [3.63, 3.8) is 0 Å². The minimum atomic E-state index is 0.718. The quantitative estimate of drug-likeness (QED) is 0.650. The lowest BCUT2D eigenvalue weighted by molar-refractivity contribution is 0.112. The molecule has 0 aliphatic heterocycles. The zero-order valence-electron chi connectivity index (χ0n) is 8.74. The van der Waals surface area contributed by atoms with Crippen LogP contribution in [-0.2, 0) is 0 Å². The van der Waals surface area contributed by atoms with E-state index in [4.69, 9.17) is 0 Å². The molecular weight excluding hydrogens is 162 g/mol. The van der Waals surface area contributed by atoms with Gasteiger partial charge >= 0.3 is 0 Å². The van der Waals surface area contributed by atoms with Crippen LogP contribution < -0.4 is 4.90 Å². The summed E-state index contributed by atoms with van der Waals surface area (Å²) in [5, 5.41) is 0. The minimum absolute atomic E-state index is 0.718. The average Bonchev–Trinajstić information content (AvgIpc) is 2.21. The largest absolute Gasteiger partial charge is 0.378 e. The van der Waals surface area contributed by atoms with Crippen LogP contribution in [0.4, 0.5) is 5.69 Å². The molecule has 0 aromatic heterocycles. The first kappa shape index (κ1) is 11.7. The van der Waals surface area contributed by atoms with E-state index in [2.05, 4.69) is 0 Å². The van der Waals surface area contributed by atoms with E-state index in [0.717, 1.165) is 17.5 Å². The number of hydrogen-bond acceptors (Lipinski definition) is 2. The highest BCUT2D eigenvalue weighted by Crippen LogP contribution is 2.10. The predicted octanol–water partition coefficient (Wildman–Crippen LogP) is 2.59. The molecule has 0 aliphatic rings. The maximum atomic E-state index is 10.3. The van der Waals surface area contributed by atoms with Gasteiger partial charge in [0.15, 0.2) is 0 Å². The third kappa shape index (κ3) is 3.74. The Morgan fingerprint density at radius 3 is 1.85 bits per heavy atom. The van der Waals surface area contributed by atoms with Crippen LogP contribution >= 0.6 is 0 Å². The number of carbonyl (C=O) groups excluding carboxylic acids is 1. The van der Waals surface area contributed by atoms with E-state index >= 15 is 0 Å². The van der Waals surface area contributed by atoms with E-state index < -0.39 is 0 Å². The fourth-order valence-corrected chi connectivity index (χ4v) is 0.851. The monoisotopic (exact) mass is 179 g/mol. The number of hydrogen-bond donors (Lipinski definition) is 0. The molecule has 1 rings (SSSR count). The molecule has 0 aliphatic carbocycles. The average molecular weight is 179 g/mol. The summed E-state index contributed by atoms with van der Waals surface area (Å²) in [6.07, 6.45) is 0.847. The zero-order valence-corrected chi connectivity index (χ0v) is 8.74. The van der Waals surface area contributed by atoms with Crippen molar-refractivity contribution < 1.29 is 4.79 Å². The van der Waals surface area contributed by atoms with E-state index in [1.54, 1.807) is 0 Å². The molecule has 0 amide bonds. The van der Waals surface area contributed by atoms with Crippen molar-refractivity contribution in [2.45, 2.75) is 13.8 Å². The molecule has 2 nitrogen and oxygen atoms in total. The van der Waals surface area contributed by atoms with Crippen molar-refractivity contribution >= 4 is 12.0 Å². The second-order valence-corrected chi connectivity index (χ2v) is 2.60. The van der Waals surface area contributed by atoms with Gasteiger partial charge in [-0.15, -0.1) is 0 Å². The van der Waals surface area contributed by atoms with Crippen LogP contribution in [0.25, 0.3) is 0 Å². The third-order valence-electron chi connectivity index (χ3n) is 1.55. The van der Waals surface area contributed by atoms with E-state index in [1.165, 1.54) is 0 Å². The molecule has 0 radical (unpaired) electrons. The summed E-state index contributed by atoms with van der Waals surface area (Å²) in [5.41, 5.74) is 1.83. The molecule has 0 heterocycles. The van der Waals surface area contributed by atoms with Crippen molar-refractivity contribution in [3.05, 3.63) is 29.8 Å². The Hall–Kier alpha value is -1.31. The van der Waals surface area contributed by atoms with Crippen LogP contribution in [0.3, 0.4) is 0 Å². The van der Waals surface area contributed by atoms with Gasteiger partial charge in [0.2, 0.25) is 0 Å². The minimum Gasteiger partial charge on any atom is -0.378 e. The molecule has 13 heavy (non-hydrogen) atoms. The Kier molecular flexibility index (Phi) is 5.60. The Bertz CT molecular complexity index is 239. The first-order chi connectivity index (χ1) is 6.24. The molecular formula is C11H17NO. The van der Waals surface area contributed by atoms with Gasteiger partial charge in [-0.3, -0.25) is 4.79 Å². The summed E-state index contributed by atoms with van der Waals surface area (Å²) >= 11 is 0. The number of aldehydes is 1. The third-order valence-corrected chi connectivity index (χ3v) is 1.55. The lowest BCUT2D eigenvalue weighted by Gasteiger charge is -2.11. The van der Waals surface area contributed by atoms with Gasteiger partial charge in [-0.25, -0.2) is 0 Å². The van der Waals surface area contributed by atoms with Crippen molar-refractivity contribution in [2.75, 3.05) is 19.0 Å². The molecule has 0 N–H and O–H groups in total. The fourth-order valence-electron chi connectivity index (χ4n) is 0.851. The molecule has 0 fully saturated rings. The molecule has 0 unspecified atom stereocenters. The lowest BCUT2D eigenvalue weighted by Crippen LogP contribution is -2.08. The second-order valence-electron chi connectivity index (χ2n) is 2.60. The van der Waals surface area contributed by atoms with Gasteiger partial charge in [0.05, 0.1) is 0 Å². The summed E-state index contributed by atoms with van der Waals surface area (Å²) in [7, 11) is 3.94. The Labute approximate surface area is 80.2 Å². The lowest BCUT2D eigenvalue weighted by atomic mass is 10.2. The van der Waals surface area contributed by atoms with Gasteiger partial charge in [0.25, 0.3) is 0 Å². The van der Waals surface area contributed by atoms with Gasteiger partial charge in [-0.2, -0.15) is 0 Å². The predicted molar refractivity (Wildman–Crippen MR) is 57.5 cm³/mol. The topological polar surface area (TPSA) is 20.3 Å². The standard InChI is InChI=1S/C9H11NO.C2H6/c1-10(2)9-5-3-8(7-11)4-6-9;1-2/h3-7H,1-2H3;1-2H3. The summed E-state index contributed by atoms with van der Waals surface area (Å²) in [6.45, 7) is 4.00. The van der Waals surface area contributed by atoms with Crippen LogP contribution in [0.15, 0.2) is 24.3 Å². The van der Waals surface area contributed by atoms with Crippen LogP contribution in [-0.4, -0.2) is 20.4 Å². The highest BCUT2D eigenvalue weighted by Gasteiger charge is 1.93. The zero-order chi connectivity index (χ0) is 10.3. The Morgan fingerprint density at radius 2 is 1.54 bits per heavy atom. The maximum absolute atomic E-state index is 10.3. The van der Waals surface area contributed by atoms with Gasteiger partial charge in [0, 0.05) is 25.3 Å². The van der Waals surface area contributed by atoms with Gasteiger partial charge in [-0.05, 0) is 24.3 Å². The number of anilines is 1. The number of carbonyl (C=O) groups is 1. The van der Waals surface area contributed by atoms with Crippen molar-refractivity contribution in [3.8, 4) is 0 Å². The van der Waals surface area contributed by atoms with E-state index in [-0.39, 0.29) is 0 Å². The molecule has 0 bridgehead atoms. The SMILES string of the molecule is CC.CN(C)c1ccc(C=O)cc1. The molecule has 0 saturated carbocycles. The van der Waals surface area contributed by atoms with Gasteiger partial charge < -0.3 is 4.90 Å². The molecule has 0 saturated heterocycles. The summed E-state index contributed by atoms with van der Waals surface area (Å²) in [5.74, 6) is 0. The maximum Gasteiger partial charge on any atom is 0.150 e. The Morgan fingerprint density at radius 1 is 1.08 bits per heavy atom. The summed E-state index contributed by atoms with van der Waals surface area (Å²) < 4.78 is 0. The van der Waals surface area contributed by atoms with Crippen molar-refractivity contribution in [1.29, 1.82) is 0 Å². The van der Waals surface area contributed by atoms with Gasteiger partial charge in [0.1, 0.15) is 6.29 Å².